The summed E-state index contributed by atoms with van der Waals surface area (Å²) in [7, 11) is 1.55. The standard InChI is InChI=1S/C18H12O5/c1-21-11-7-8-13-12(9-11)16-17(22-13)15(19)14(18(20)23-16)10-5-3-2-4-6-10/h2-9,19H,1H3. The molecule has 0 spiro atoms. The molecule has 1 N–H and O–H groups in total. The number of hydrogen-bond donors (Lipinski definition) is 1. The molecule has 0 aliphatic rings. The van der Waals surface area contributed by atoms with Gasteiger partial charge >= 0.3 is 5.63 Å². The number of ether oxygens (including phenoxy) is 1. The number of aromatic hydroxyl groups is 1. The van der Waals surface area contributed by atoms with Crippen LogP contribution in [0.5, 0.6) is 11.5 Å². The van der Waals surface area contributed by atoms with E-state index in [0.717, 1.165) is 0 Å². The number of benzene rings is 2. The van der Waals surface area contributed by atoms with Crippen molar-refractivity contribution in [1.82, 2.24) is 0 Å². The maximum atomic E-state index is 12.4. The van der Waals surface area contributed by atoms with Crippen molar-refractivity contribution in [2.45, 2.75) is 0 Å². The second kappa shape index (κ2) is 4.91. The first-order valence-electron chi connectivity index (χ1n) is 7.01. The van der Waals surface area contributed by atoms with Crippen LogP contribution in [-0.2, 0) is 0 Å². The van der Waals surface area contributed by atoms with Gasteiger partial charge in [-0.2, -0.15) is 0 Å². The first-order valence-corrected chi connectivity index (χ1v) is 7.01. The summed E-state index contributed by atoms with van der Waals surface area (Å²) in [5.41, 5.74) is 0.895. The highest BCUT2D eigenvalue weighted by Gasteiger charge is 2.21. The van der Waals surface area contributed by atoms with Gasteiger partial charge in [-0.3, -0.25) is 0 Å². The van der Waals surface area contributed by atoms with E-state index in [9.17, 15) is 9.90 Å². The average Bonchev–Trinajstić information content (AvgIpc) is 2.94. The van der Waals surface area contributed by atoms with E-state index in [-0.39, 0.29) is 22.5 Å². The highest BCUT2D eigenvalue weighted by molar-refractivity contribution is 6.05. The van der Waals surface area contributed by atoms with Crippen molar-refractivity contribution in [2.75, 3.05) is 7.11 Å². The monoisotopic (exact) mass is 308 g/mol. The Kier molecular flexibility index (Phi) is 2.87. The summed E-state index contributed by atoms with van der Waals surface area (Å²) in [6, 6.07) is 14.0. The highest BCUT2D eigenvalue weighted by atomic mass is 16.5. The number of methoxy groups -OCH3 is 1. The zero-order chi connectivity index (χ0) is 16.0. The first kappa shape index (κ1) is 13.5. The van der Waals surface area contributed by atoms with Crippen LogP contribution in [0, 0.1) is 0 Å². The Morgan fingerprint density at radius 1 is 1.00 bits per heavy atom. The third-order valence-electron chi connectivity index (χ3n) is 3.76. The minimum Gasteiger partial charge on any atom is -0.504 e. The van der Waals surface area contributed by atoms with Crippen molar-refractivity contribution >= 4 is 22.1 Å². The van der Waals surface area contributed by atoms with E-state index >= 15 is 0 Å². The van der Waals surface area contributed by atoms with E-state index in [2.05, 4.69) is 0 Å². The van der Waals surface area contributed by atoms with Gasteiger partial charge < -0.3 is 18.7 Å². The molecule has 114 valence electrons. The number of fused-ring (bicyclic) bond motifs is 3. The molecule has 0 unspecified atom stereocenters. The lowest BCUT2D eigenvalue weighted by molar-refractivity contribution is 0.415. The van der Waals surface area contributed by atoms with Crippen LogP contribution in [0.3, 0.4) is 0 Å². The quantitative estimate of drug-likeness (QED) is 0.607. The number of rotatable bonds is 2. The van der Waals surface area contributed by atoms with Crippen LogP contribution in [-0.4, -0.2) is 12.2 Å². The maximum Gasteiger partial charge on any atom is 0.348 e. The van der Waals surface area contributed by atoms with Crippen LogP contribution < -0.4 is 10.4 Å². The molecule has 4 rings (SSSR count). The lowest BCUT2D eigenvalue weighted by Gasteiger charge is -2.02. The fourth-order valence-electron chi connectivity index (χ4n) is 2.65. The van der Waals surface area contributed by atoms with Crippen molar-refractivity contribution in [3.8, 4) is 22.6 Å². The van der Waals surface area contributed by atoms with Gasteiger partial charge in [0.2, 0.25) is 5.58 Å². The SMILES string of the molecule is COc1ccc2oc3c(O)c(-c4ccccc4)c(=O)oc3c2c1. The summed E-state index contributed by atoms with van der Waals surface area (Å²) in [6.45, 7) is 0. The van der Waals surface area contributed by atoms with E-state index in [1.54, 1.807) is 49.6 Å². The Balaban J connectivity index is 2.10. The molecule has 2 aromatic heterocycles. The molecule has 0 fully saturated rings. The summed E-state index contributed by atoms with van der Waals surface area (Å²) in [4.78, 5) is 12.4. The van der Waals surface area contributed by atoms with Crippen molar-refractivity contribution < 1.29 is 18.7 Å². The predicted molar refractivity (Wildman–Crippen MR) is 85.9 cm³/mol. The topological polar surface area (TPSA) is 72.8 Å². The molecule has 0 aliphatic carbocycles. The van der Waals surface area contributed by atoms with Gasteiger partial charge in [0.25, 0.3) is 0 Å². The zero-order valence-electron chi connectivity index (χ0n) is 12.2. The van der Waals surface area contributed by atoms with Crippen LogP contribution in [0.15, 0.2) is 62.2 Å². The molecule has 2 aromatic carbocycles. The third-order valence-corrected chi connectivity index (χ3v) is 3.76. The van der Waals surface area contributed by atoms with Gasteiger partial charge in [-0.1, -0.05) is 30.3 Å². The van der Waals surface area contributed by atoms with E-state index < -0.39 is 5.63 Å². The molecular formula is C18H12O5. The molecule has 5 nitrogen and oxygen atoms in total. The van der Waals surface area contributed by atoms with Crippen LogP contribution in [0.2, 0.25) is 0 Å². The number of furan rings is 1. The van der Waals surface area contributed by atoms with Gasteiger partial charge in [-0.05, 0) is 23.8 Å². The molecule has 0 saturated carbocycles. The van der Waals surface area contributed by atoms with Gasteiger partial charge in [0.1, 0.15) is 16.9 Å². The summed E-state index contributed by atoms with van der Waals surface area (Å²) < 4.78 is 16.2. The third kappa shape index (κ3) is 1.97. The largest absolute Gasteiger partial charge is 0.504 e. The first-order chi connectivity index (χ1) is 11.2. The van der Waals surface area contributed by atoms with Crippen LogP contribution in [0.25, 0.3) is 33.3 Å². The van der Waals surface area contributed by atoms with Crippen LogP contribution in [0.1, 0.15) is 0 Å². The zero-order valence-corrected chi connectivity index (χ0v) is 12.2. The molecule has 0 radical (unpaired) electrons. The average molecular weight is 308 g/mol. The normalized spacial score (nSPS) is 11.2. The Morgan fingerprint density at radius 2 is 1.78 bits per heavy atom. The summed E-state index contributed by atoms with van der Waals surface area (Å²) in [5.74, 6) is 0.382. The minimum atomic E-state index is -0.619. The van der Waals surface area contributed by atoms with Gasteiger partial charge in [0.15, 0.2) is 11.3 Å². The van der Waals surface area contributed by atoms with Gasteiger partial charge in [-0.25, -0.2) is 4.79 Å². The van der Waals surface area contributed by atoms with Gasteiger partial charge in [0, 0.05) is 0 Å². The van der Waals surface area contributed by atoms with Crippen molar-refractivity contribution in [2.24, 2.45) is 0 Å². The molecule has 0 atom stereocenters. The second-order valence-electron chi connectivity index (χ2n) is 5.10. The van der Waals surface area contributed by atoms with E-state index in [0.29, 0.717) is 22.3 Å². The Morgan fingerprint density at radius 3 is 2.52 bits per heavy atom. The van der Waals surface area contributed by atoms with Crippen molar-refractivity contribution in [3.63, 3.8) is 0 Å². The molecule has 2 heterocycles. The fraction of sp³-hybridized carbons (Fsp3) is 0.0556. The molecule has 5 heteroatoms. The Bertz CT molecular complexity index is 1070. The Labute approximate surface area is 130 Å². The van der Waals surface area contributed by atoms with E-state index in [1.165, 1.54) is 0 Å². The number of hydrogen-bond acceptors (Lipinski definition) is 5. The molecule has 23 heavy (non-hydrogen) atoms. The summed E-state index contributed by atoms with van der Waals surface area (Å²) >= 11 is 0. The van der Waals surface area contributed by atoms with E-state index in [1.807, 2.05) is 6.07 Å². The molecule has 4 aromatic rings. The lowest BCUT2D eigenvalue weighted by atomic mass is 10.1. The van der Waals surface area contributed by atoms with E-state index in [4.69, 9.17) is 13.6 Å². The maximum absolute atomic E-state index is 12.4. The van der Waals surface area contributed by atoms with Gasteiger partial charge in [-0.15, -0.1) is 0 Å². The minimum absolute atomic E-state index is 0.0871. The van der Waals surface area contributed by atoms with Crippen molar-refractivity contribution in [1.29, 1.82) is 0 Å². The van der Waals surface area contributed by atoms with Crippen molar-refractivity contribution in [3.05, 3.63) is 59.0 Å². The molecule has 0 aliphatic heterocycles. The van der Waals surface area contributed by atoms with Gasteiger partial charge in [0.05, 0.1) is 12.5 Å². The second-order valence-corrected chi connectivity index (χ2v) is 5.10. The summed E-state index contributed by atoms with van der Waals surface area (Å²) in [6.07, 6.45) is 0. The molecular weight excluding hydrogens is 296 g/mol. The van der Waals surface area contributed by atoms with Crippen LogP contribution in [0.4, 0.5) is 0 Å². The Hall–Kier alpha value is -3.21. The predicted octanol–water partition coefficient (Wildman–Crippen LogP) is 3.92. The highest BCUT2D eigenvalue weighted by Crippen LogP contribution is 2.39. The fourth-order valence-corrected chi connectivity index (χ4v) is 2.65. The molecule has 0 saturated heterocycles. The molecule has 0 bridgehead atoms. The lowest BCUT2D eigenvalue weighted by Crippen LogP contribution is -2.02. The summed E-state index contributed by atoms with van der Waals surface area (Å²) in [5, 5.41) is 11.1. The smallest absolute Gasteiger partial charge is 0.348 e. The molecule has 0 amide bonds. The van der Waals surface area contributed by atoms with Crippen LogP contribution >= 0.6 is 0 Å².